The van der Waals surface area contributed by atoms with Crippen LogP contribution in [-0.2, 0) is 0 Å². The third-order valence-corrected chi connectivity index (χ3v) is 4.37. The molecular formula is C15H13BrClNOS. The lowest BCUT2D eigenvalue weighted by Crippen LogP contribution is -2.25. The molecule has 0 saturated carbocycles. The minimum Gasteiger partial charge on any atom is -0.351 e. The van der Waals surface area contributed by atoms with Crippen molar-refractivity contribution in [1.29, 1.82) is 0 Å². The number of carbonyl (C=O) groups excluding carboxylic acids is 1. The monoisotopic (exact) mass is 369 g/mol. The van der Waals surface area contributed by atoms with Crippen LogP contribution in [0.4, 0.5) is 0 Å². The zero-order chi connectivity index (χ0) is 14.4. The number of hydrogen-bond acceptors (Lipinski definition) is 2. The molecule has 5 heteroatoms. The first-order valence-corrected chi connectivity index (χ1v) is 8.23. The van der Waals surface area contributed by atoms with Crippen molar-refractivity contribution in [3.05, 3.63) is 63.6 Å². The first-order chi connectivity index (χ1) is 9.65. The van der Waals surface area contributed by atoms with Crippen LogP contribution in [0.2, 0.25) is 5.02 Å². The molecule has 1 N–H and O–H groups in total. The summed E-state index contributed by atoms with van der Waals surface area (Å²) in [4.78, 5) is 13.0. The second kappa shape index (κ2) is 7.72. The Labute approximate surface area is 136 Å². The molecule has 1 amide bonds. The third kappa shape index (κ3) is 4.85. The van der Waals surface area contributed by atoms with Crippen molar-refractivity contribution in [3.63, 3.8) is 0 Å². The van der Waals surface area contributed by atoms with Crippen LogP contribution in [0.25, 0.3) is 0 Å². The Bertz CT molecular complexity index is 571. The summed E-state index contributed by atoms with van der Waals surface area (Å²) in [5.74, 6) is 0.776. The summed E-state index contributed by atoms with van der Waals surface area (Å²) in [5, 5.41) is 3.63. The molecule has 0 unspecified atom stereocenters. The van der Waals surface area contributed by atoms with Crippen molar-refractivity contribution in [1.82, 2.24) is 5.32 Å². The van der Waals surface area contributed by atoms with Gasteiger partial charge in [-0.15, -0.1) is 11.8 Å². The van der Waals surface area contributed by atoms with Crippen molar-refractivity contribution in [3.8, 4) is 0 Å². The number of amides is 1. The van der Waals surface area contributed by atoms with Crippen molar-refractivity contribution >= 4 is 45.2 Å². The van der Waals surface area contributed by atoms with E-state index in [0.717, 1.165) is 20.1 Å². The number of benzene rings is 2. The van der Waals surface area contributed by atoms with Crippen LogP contribution in [0.5, 0.6) is 0 Å². The van der Waals surface area contributed by atoms with Gasteiger partial charge in [0.25, 0.3) is 5.91 Å². The maximum atomic E-state index is 11.9. The van der Waals surface area contributed by atoms with Crippen LogP contribution in [0, 0.1) is 0 Å². The van der Waals surface area contributed by atoms with Crippen molar-refractivity contribution in [2.75, 3.05) is 12.3 Å². The van der Waals surface area contributed by atoms with E-state index in [-0.39, 0.29) is 5.91 Å². The molecule has 0 fully saturated rings. The maximum Gasteiger partial charge on any atom is 0.251 e. The summed E-state index contributed by atoms with van der Waals surface area (Å²) in [6.45, 7) is 0.627. The molecule has 0 spiro atoms. The first kappa shape index (κ1) is 15.4. The predicted octanol–water partition coefficient (Wildman–Crippen LogP) is 4.62. The quantitative estimate of drug-likeness (QED) is 0.614. The van der Waals surface area contributed by atoms with Gasteiger partial charge in [-0.3, -0.25) is 4.79 Å². The van der Waals surface area contributed by atoms with Crippen LogP contribution >= 0.6 is 39.3 Å². The fraction of sp³-hybridized carbons (Fsp3) is 0.133. The van der Waals surface area contributed by atoms with Gasteiger partial charge in [0.15, 0.2) is 0 Å². The molecule has 0 heterocycles. The Morgan fingerprint density at radius 2 is 1.75 bits per heavy atom. The van der Waals surface area contributed by atoms with E-state index in [1.54, 1.807) is 23.9 Å². The number of hydrogen-bond donors (Lipinski definition) is 1. The Morgan fingerprint density at radius 1 is 1.10 bits per heavy atom. The normalized spacial score (nSPS) is 10.3. The molecule has 2 rings (SSSR count). The van der Waals surface area contributed by atoms with Crippen molar-refractivity contribution in [2.24, 2.45) is 0 Å². The molecule has 0 saturated heterocycles. The summed E-state index contributed by atoms with van der Waals surface area (Å²) < 4.78 is 0.965. The van der Waals surface area contributed by atoms with Gasteiger partial charge in [-0.1, -0.05) is 27.5 Å². The van der Waals surface area contributed by atoms with Gasteiger partial charge < -0.3 is 5.32 Å². The van der Waals surface area contributed by atoms with Gasteiger partial charge in [-0.2, -0.15) is 0 Å². The lowest BCUT2D eigenvalue weighted by Gasteiger charge is -2.05. The van der Waals surface area contributed by atoms with Gasteiger partial charge in [-0.05, 0) is 48.5 Å². The third-order valence-electron chi connectivity index (χ3n) is 2.58. The molecule has 104 valence electrons. The van der Waals surface area contributed by atoms with Gasteiger partial charge in [0.05, 0.1) is 0 Å². The Balaban J connectivity index is 1.74. The Morgan fingerprint density at radius 3 is 2.40 bits per heavy atom. The van der Waals surface area contributed by atoms with Gasteiger partial charge in [0.1, 0.15) is 0 Å². The van der Waals surface area contributed by atoms with Gasteiger partial charge in [0.2, 0.25) is 0 Å². The molecule has 0 aliphatic carbocycles. The van der Waals surface area contributed by atoms with Crippen molar-refractivity contribution < 1.29 is 4.79 Å². The molecule has 0 aliphatic rings. The molecule has 0 radical (unpaired) electrons. The topological polar surface area (TPSA) is 29.1 Å². The van der Waals surface area contributed by atoms with E-state index < -0.39 is 0 Å². The van der Waals surface area contributed by atoms with E-state index in [0.29, 0.717) is 12.1 Å². The molecule has 0 aliphatic heterocycles. The highest BCUT2D eigenvalue weighted by Crippen LogP contribution is 2.19. The van der Waals surface area contributed by atoms with Gasteiger partial charge in [0, 0.05) is 32.3 Å². The van der Waals surface area contributed by atoms with Gasteiger partial charge in [-0.25, -0.2) is 0 Å². The van der Waals surface area contributed by atoms with Crippen LogP contribution in [0.3, 0.4) is 0 Å². The average Bonchev–Trinajstić information content (AvgIpc) is 2.46. The molecule has 0 bridgehead atoms. The summed E-state index contributed by atoms with van der Waals surface area (Å²) in [7, 11) is 0. The summed E-state index contributed by atoms with van der Waals surface area (Å²) in [6, 6.07) is 15.0. The van der Waals surface area contributed by atoms with E-state index in [4.69, 9.17) is 11.6 Å². The lowest BCUT2D eigenvalue weighted by atomic mass is 10.2. The average molecular weight is 371 g/mol. The number of carbonyl (C=O) groups is 1. The Kier molecular flexibility index (Phi) is 5.95. The molecule has 0 atom stereocenters. The van der Waals surface area contributed by atoms with E-state index in [1.165, 1.54) is 0 Å². The highest BCUT2D eigenvalue weighted by atomic mass is 79.9. The smallest absolute Gasteiger partial charge is 0.251 e. The SMILES string of the molecule is O=C(NCCSc1ccc(Cl)cc1)c1ccc(Br)cc1. The largest absolute Gasteiger partial charge is 0.351 e. The molecular weight excluding hydrogens is 358 g/mol. The number of nitrogens with one attached hydrogen (secondary N) is 1. The van der Waals surface area contributed by atoms with E-state index in [2.05, 4.69) is 21.2 Å². The lowest BCUT2D eigenvalue weighted by molar-refractivity contribution is 0.0956. The Hall–Kier alpha value is -0.970. The van der Waals surface area contributed by atoms with E-state index >= 15 is 0 Å². The van der Waals surface area contributed by atoms with Crippen LogP contribution < -0.4 is 5.32 Å². The van der Waals surface area contributed by atoms with Crippen molar-refractivity contribution in [2.45, 2.75) is 4.90 Å². The number of halogens is 2. The summed E-state index contributed by atoms with van der Waals surface area (Å²) in [6.07, 6.45) is 0. The molecule has 2 aromatic rings. The number of rotatable bonds is 5. The zero-order valence-electron chi connectivity index (χ0n) is 10.6. The second-order valence-corrected chi connectivity index (χ2v) is 6.59. The highest BCUT2D eigenvalue weighted by molar-refractivity contribution is 9.10. The maximum absolute atomic E-state index is 11.9. The summed E-state index contributed by atoms with van der Waals surface area (Å²) >= 11 is 10.9. The highest BCUT2D eigenvalue weighted by Gasteiger charge is 2.04. The molecule has 20 heavy (non-hydrogen) atoms. The standard InChI is InChI=1S/C15H13BrClNOS/c16-12-3-1-11(2-4-12)15(19)18-9-10-20-14-7-5-13(17)6-8-14/h1-8H,9-10H2,(H,18,19). The minimum atomic E-state index is -0.0470. The summed E-state index contributed by atoms with van der Waals surface area (Å²) in [5.41, 5.74) is 0.671. The molecule has 2 nitrogen and oxygen atoms in total. The van der Waals surface area contributed by atoms with E-state index in [9.17, 15) is 4.79 Å². The zero-order valence-corrected chi connectivity index (χ0v) is 13.8. The van der Waals surface area contributed by atoms with Crippen LogP contribution in [0.15, 0.2) is 57.9 Å². The fourth-order valence-electron chi connectivity index (χ4n) is 1.57. The number of thioether (sulfide) groups is 1. The van der Waals surface area contributed by atoms with Crippen LogP contribution in [-0.4, -0.2) is 18.2 Å². The molecule has 2 aromatic carbocycles. The van der Waals surface area contributed by atoms with Crippen LogP contribution in [0.1, 0.15) is 10.4 Å². The predicted molar refractivity (Wildman–Crippen MR) is 88.7 cm³/mol. The molecule has 0 aromatic heterocycles. The minimum absolute atomic E-state index is 0.0470. The van der Waals surface area contributed by atoms with Gasteiger partial charge >= 0.3 is 0 Å². The van der Waals surface area contributed by atoms with E-state index in [1.807, 2.05) is 36.4 Å². The first-order valence-electron chi connectivity index (χ1n) is 6.07. The fourth-order valence-corrected chi connectivity index (χ4v) is 2.73. The second-order valence-electron chi connectivity index (χ2n) is 4.07.